The van der Waals surface area contributed by atoms with E-state index in [1.54, 1.807) is 19.1 Å². The van der Waals surface area contributed by atoms with Crippen LogP contribution in [-0.4, -0.2) is 4.98 Å². The first-order chi connectivity index (χ1) is 6.20. The Hall–Kier alpha value is -1.82. The number of hydrogen-bond acceptors (Lipinski definition) is 1. The number of nitrogens with one attached hydrogen (secondary N) is 1. The highest BCUT2D eigenvalue weighted by atomic mass is 19.1. The number of benzene rings is 1. The van der Waals surface area contributed by atoms with Gasteiger partial charge in [0.1, 0.15) is 17.6 Å². The van der Waals surface area contributed by atoms with Gasteiger partial charge in [0.25, 0.3) is 0 Å². The molecule has 13 heavy (non-hydrogen) atoms. The number of hydrogen-bond donors (Lipinski definition) is 1. The van der Waals surface area contributed by atoms with Crippen LogP contribution in [0.25, 0.3) is 10.9 Å². The van der Waals surface area contributed by atoms with Crippen LogP contribution in [0.5, 0.6) is 0 Å². The van der Waals surface area contributed by atoms with E-state index in [0.717, 1.165) is 10.9 Å². The van der Waals surface area contributed by atoms with Crippen molar-refractivity contribution in [2.75, 3.05) is 0 Å². The van der Waals surface area contributed by atoms with Crippen molar-refractivity contribution in [1.82, 2.24) is 4.98 Å². The van der Waals surface area contributed by atoms with E-state index in [9.17, 15) is 4.39 Å². The van der Waals surface area contributed by atoms with Gasteiger partial charge in [-0.15, -0.1) is 0 Å². The van der Waals surface area contributed by atoms with Gasteiger partial charge in [-0.2, -0.15) is 5.26 Å². The molecule has 0 aliphatic heterocycles. The van der Waals surface area contributed by atoms with E-state index in [-0.39, 0.29) is 5.82 Å². The van der Waals surface area contributed by atoms with Gasteiger partial charge in [-0.1, -0.05) is 0 Å². The Morgan fingerprint density at radius 1 is 1.38 bits per heavy atom. The van der Waals surface area contributed by atoms with Crippen molar-refractivity contribution in [2.24, 2.45) is 0 Å². The van der Waals surface area contributed by atoms with Crippen LogP contribution in [0.15, 0.2) is 18.2 Å². The standard InChI is InChI=1S/C10H7FN2/c1-6-2-10-7(4-9(6)11)3-8(5-12)13-10/h2-4,13H,1H3. The number of fused-ring (bicyclic) bond motifs is 1. The van der Waals surface area contributed by atoms with Crippen molar-refractivity contribution < 1.29 is 4.39 Å². The highest BCUT2D eigenvalue weighted by molar-refractivity contribution is 5.82. The van der Waals surface area contributed by atoms with Gasteiger partial charge >= 0.3 is 0 Å². The highest BCUT2D eigenvalue weighted by Crippen LogP contribution is 2.19. The molecular weight excluding hydrogens is 167 g/mol. The normalized spacial score (nSPS) is 10.2. The Kier molecular flexibility index (Phi) is 1.56. The average Bonchev–Trinajstić information content (AvgIpc) is 2.48. The molecular formula is C10H7FN2. The summed E-state index contributed by atoms with van der Waals surface area (Å²) in [7, 11) is 0. The summed E-state index contributed by atoms with van der Waals surface area (Å²) in [5, 5.41) is 9.34. The maximum atomic E-state index is 13.1. The van der Waals surface area contributed by atoms with E-state index >= 15 is 0 Å². The van der Waals surface area contributed by atoms with Gasteiger partial charge < -0.3 is 4.98 Å². The van der Waals surface area contributed by atoms with E-state index < -0.39 is 0 Å². The number of aromatic nitrogens is 1. The second-order valence-corrected chi connectivity index (χ2v) is 2.98. The first kappa shape index (κ1) is 7.81. The van der Waals surface area contributed by atoms with Gasteiger partial charge in [0.2, 0.25) is 0 Å². The number of halogens is 1. The Morgan fingerprint density at radius 2 is 2.15 bits per heavy atom. The predicted molar refractivity (Wildman–Crippen MR) is 47.7 cm³/mol. The minimum absolute atomic E-state index is 0.240. The van der Waals surface area contributed by atoms with Crippen molar-refractivity contribution in [1.29, 1.82) is 5.26 Å². The quantitative estimate of drug-likeness (QED) is 0.654. The lowest BCUT2D eigenvalue weighted by Crippen LogP contribution is -1.80. The molecule has 0 aliphatic rings. The summed E-state index contributed by atoms with van der Waals surface area (Å²) >= 11 is 0. The molecule has 3 heteroatoms. The Morgan fingerprint density at radius 3 is 2.85 bits per heavy atom. The molecule has 1 aromatic carbocycles. The molecule has 1 N–H and O–H groups in total. The van der Waals surface area contributed by atoms with Gasteiger partial charge in [0.15, 0.2) is 0 Å². The van der Waals surface area contributed by atoms with Gasteiger partial charge in [0, 0.05) is 10.9 Å². The third-order valence-corrected chi connectivity index (χ3v) is 2.02. The zero-order valence-electron chi connectivity index (χ0n) is 7.06. The number of H-pyrrole nitrogens is 1. The monoisotopic (exact) mass is 174 g/mol. The van der Waals surface area contributed by atoms with Crippen molar-refractivity contribution >= 4 is 10.9 Å². The minimum Gasteiger partial charge on any atom is -0.346 e. The van der Waals surface area contributed by atoms with Crippen LogP contribution < -0.4 is 0 Å². The Balaban J connectivity index is 2.79. The molecule has 1 aromatic heterocycles. The number of rotatable bonds is 0. The van der Waals surface area contributed by atoms with Gasteiger partial charge in [0.05, 0.1) is 0 Å². The molecule has 0 unspecified atom stereocenters. The third kappa shape index (κ3) is 1.17. The molecule has 0 spiro atoms. The molecule has 2 rings (SSSR count). The lowest BCUT2D eigenvalue weighted by atomic mass is 10.2. The van der Waals surface area contributed by atoms with Gasteiger partial charge in [-0.25, -0.2) is 4.39 Å². The number of nitriles is 1. The van der Waals surface area contributed by atoms with Gasteiger partial charge in [-0.3, -0.25) is 0 Å². The van der Waals surface area contributed by atoms with Crippen LogP contribution >= 0.6 is 0 Å². The molecule has 0 aliphatic carbocycles. The lowest BCUT2D eigenvalue weighted by molar-refractivity contribution is 0.620. The maximum absolute atomic E-state index is 13.1. The third-order valence-electron chi connectivity index (χ3n) is 2.02. The molecule has 0 radical (unpaired) electrons. The summed E-state index contributed by atoms with van der Waals surface area (Å²) in [5.41, 5.74) is 1.84. The average molecular weight is 174 g/mol. The number of nitrogens with zero attached hydrogens (tertiary/aromatic N) is 1. The Bertz CT molecular complexity index is 466. The minimum atomic E-state index is -0.240. The molecule has 2 nitrogen and oxygen atoms in total. The summed E-state index contributed by atoms with van der Waals surface area (Å²) in [5.74, 6) is -0.240. The molecule has 0 amide bonds. The second-order valence-electron chi connectivity index (χ2n) is 2.98. The summed E-state index contributed by atoms with van der Waals surface area (Å²) in [6.45, 7) is 1.70. The van der Waals surface area contributed by atoms with Crippen LogP contribution in [0.4, 0.5) is 4.39 Å². The second kappa shape index (κ2) is 2.60. The number of aromatic amines is 1. The molecule has 1 heterocycles. The molecule has 0 bridgehead atoms. The largest absolute Gasteiger partial charge is 0.346 e. The Labute approximate surface area is 74.6 Å². The van der Waals surface area contributed by atoms with E-state index in [1.165, 1.54) is 6.07 Å². The number of aryl methyl sites for hydroxylation is 1. The summed E-state index contributed by atoms with van der Waals surface area (Å²) < 4.78 is 13.1. The van der Waals surface area contributed by atoms with Gasteiger partial charge in [-0.05, 0) is 30.7 Å². The molecule has 0 saturated carbocycles. The fourth-order valence-electron chi connectivity index (χ4n) is 1.32. The summed E-state index contributed by atoms with van der Waals surface area (Å²) in [6, 6.07) is 6.75. The molecule has 0 fully saturated rings. The topological polar surface area (TPSA) is 39.6 Å². The molecule has 64 valence electrons. The lowest BCUT2D eigenvalue weighted by Gasteiger charge is -1.94. The van der Waals surface area contributed by atoms with E-state index in [4.69, 9.17) is 5.26 Å². The van der Waals surface area contributed by atoms with Crippen molar-refractivity contribution in [3.05, 3.63) is 35.3 Å². The maximum Gasteiger partial charge on any atom is 0.126 e. The predicted octanol–water partition coefficient (Wildman–Crippen LogP) is 2.49. The van der Waals surface area contributed by atoms with Crippen molar-refractivity contribution in [3.63, 3.8) is 0 Å². The van der Waals surface area contributed by atoms with Crippen LogP contribution in [0.3, 0.4) is 0 Å². The molecule has 0 saturated heterocycles. The van der Waals surface area contributed by atoms with E-state index in [2.05, 4.69) is 4.98 Å². The fourth-order valence-corrected chi connectivity index (χ4v) is 1.32. The summed E-state index contributed by atoms with van der Waals surface area (Å²) in [4.78, 5) is 2.89. The summed E-state index contributed by atoms with van der Waals surface area (Å²) in [6.07, 6.45) is 0. The zero-order valence-corrected chi connectivity index (χ0v) is 7.06. The van der Waals surface area contributed by atoms with Crippen molar-refractivity contribution in [3.8, 4) is 6.07 Å². The zero-order chi connectivity index (χ0) is 9.42. The van der Waals surface area contributed by atoms with E-state index in [1.807, 2.05) is 6.07 Å². The first-order valence-electron chi connectivity index (χ1n) is 3.89. The van der Waals surface area contributed by atoms with Crippen LogP contribution in [0.1, 0.15) is 11.3 Å². The van der Waals surface area contributed by atoms with Crippen LogP contribution in [0.2, 0.25) is 0 Å². The SMILES string of the molecule is Cc1cc2[nH]c(C#N)cc2cc1F. The van der Waals surface area contributed by atoms with Crippen LogP contribution in [-0.2, 0) is 0 Å². The smallest absolute Gasteiger partial charge is 0.126 e. The van der Waals surface area contributed by atoms with Crippen LogP contribution in [0, 0.1) is 24.1 Å². The first-order valence-corrected chi connectivity index (χ1v) is 3.89. The van der Waals surface area contributed by atoms with Crippen molar-refractivity contribution in [2.45, 2.75) is 6.92 Å². The van der Waals surface area contributed by atoms with E-state index in [0.29, 0.717) is 11.3 Å². The molecule has 2 aromatic rings. The molecule has 0 atom stereocenters. The highest BCUT2D eigenvalue weighted by Gasteiger charge is 2.03. The fraction of sp³-hybridized carbons (Fsp3) is 0.100.